The van der Waals surface area contributed by atoms with Crippen LogP contribution in [0.3, 0.4) is 0 Å². The van der Waals surface area contributed by atoms with E-state index in [4.69, 9.17) is 0 Å². The molecule has 110 valence electrons. The van der Waals surface area contributed by atoms with E-state index in [1.807, 2.05) is 0 Å². The fourth-order valence-electron chi connectivity index (χ4n) is 1.62. The van der Waals surface area contributed by atoms with Crippen LogP contribution in [0.25, 0.3) is 0 Å². The molecular formula is C11H9F5N2O2. The number of urea groups is 1. The Kier molecular flexibility index (Phi) is 3.45. The lowest BCUT2D eigenvalue weighted by Gasteiger charge is -2.20. The van der Waals surface area contributed by atoms with Gasteiger partial charge in [-0.05, 0) is 24.3 Å². The van der Waals surface area contributed by atoms with Gasteiger partial charge in [0, 0.05) is 18.8 Å². The molecule has 2 rings (SSSR count). The first-order chi connectivity index (χ1) is 9.21. The molecule has 1 aromatic rings. The summed E-state index contributed by atoms with van der Waals surface area (Å²) < 4.78 is 64.8. The van der Waals surface area contributed by atoms with E-state index in [0.717, 1.165) is 12.1 Å². The number of alkyl halides is 5. The van der Waals surface area contributed by atoms with Crippen LogP contribution < -0.4 is 15.0 Å². The predicted molar refractivity (Wildman–Crippen MR) is 58.8 cm³/mol. The number of carbonyl (C=O) groups is 1. The highest BCUT2D eigenvalue weighted by molar-refractivity contribution is 5.94. The first-order valence-electron chi connectivity index (χ1n) is 5.50. The van der Waals surface area contributed by atoms with Crippen LogP contribution in [0.5, 0.6) is 5.75 Å². The second-order valence-corrected chi connectivity index (χ2v) is 3.99. The fraction of sp³-hybridized carbons (Fsp3) is 0.364. The topological polar surface area (TPSA) is 41.6 Å². The van der Waals surface area contributed by atoms with Crippen molar-refractivity contribution >= 4 is 11.7 Å². The van der Waals surface area contributed by atoms with Crippen molar-refractivity contribution in [2.75, 3.05) is 18.0 Å². The quantitative estimate of drug-likeness (QED) is 0.871. The number of hydrogen-bond acceptors (Lipinski definition) is 2. The van der Waals surface area contributed by atoms with Crippen LogP contribution in [0.4, 0.5) is 32.4 Å². The molecule has 2 amide bonds. The van der Waals surface area contributed by atoms with E-state index >= 15 is 0 Å². The third-order valence-electron chi connectivity index (χ3n) is 2.58. The van der Waals surface area contributed by atoms with Gasteiger partial charge >= 0.3 is 18.3 Å². The van der Waals surface area contributed by atoms with Gasteiger partial charge in [0.1, 0.15) is 5.75 Å². The number of rotatable bonds is 3. The maximum Gasteiger partial charge on any atom is 0.499 e. The lowest BCUT2D eigenvalue weighted by Crippen LogP contribution is -2.41. The molecule has 1 fully saturated rings. The number of halogens is 5. The minimum atomic E-state index is -5.79. The van der Waals surface area contributed by atoms with Gasteiger partial charge in [-0.25, -0.2) is 4.79 Å². The molecule has 9 heteroatoms. The molecular weight excluding hydrogens is 287 g/mol. The van der Waals surface area contributed by atoms with Crippen LogP contribution in [-0.2, 0) is 0 Å². The van der Waals surface area contributed by atoms with E-state index < -0.39 is 18.0 Å². The summed E-state index contributed by atoms with van der Waals surface area (Å²) in [7, 11) is 0. The van der Waals surface area contributed by atoms with E-state index in [-0.39, 0.29) is 6.03 Å². The minimum Gasteiger partial charge on any atom is -0.426 e. The molecule has 0 aliphatic carbocycles. The zero-order chi connectivity index (χ0) is 15.0. The van der Waals surface area contributed by atoms with Crippen LogP contribution in [-0.4, -0.2) is 31.4 Å². The third-order valence-corrected chi connectivity index (χ3v) is 2.58. The molecule has 4 nitrogen and oxygen atoms in total. The van der Waals surface area contributed by atoms with Crippen LogP contribution in [0.2, 0.25) is 0 Å². The van der Waals surface area contributed by atoms with Crippen LogP contribution in [0.15, 0.2) is 24.3 Å². The van der Waals surface area contributed by atoms with Crippen LogP contribution >= 0.6 is 0 Å². The van der Waals surface area contributed by atoms with Gasteiger partial charge in [0.15, 0.2) is 0 Å². The Bertz CT molecular complexity index is 501. The van der Waals surface area contributed by atoms with E-state index in [2.05, 4.69) is 10.1 Å². The highest BCUT2D eigenvalue weighted by atomic mass is 19.4. The van der Waals surface area contributed by atoms with Gasteiger partial charge in [-0.3, -0.25) is 4.90 Å². The number of anilines is 1. The number of carbonyl (C=O) groups excluding carboxylic acids is 1. The molecule has 0 atom stereocenters. The average Bonchev–Trinajstić information content (AvgIpc) is 2.74. The van der Waals surface area contributed by atoms with Crippen molar-refractivity contribution in [3.8, 4) is 5.75 Å². The average molecular weight is 296 g/mol. The molecule has 1 N–H and O–H groups in total. The van der Waals surface area contributed by atoms with Crippen molar-refractivity contribution in [3.05, 3.63) is 24.3 Å². The molecule has 0 saturated carbocycles. The Morgan fingerprint density at radius 3 is 2.15 bits per heavy atom. The number of ether oxygens (including phenoxy) is 1. The number of hydrogen-bond donors (Lipinski definition) is 1. The van der Waals surface area contributed by atoms with Gasteiger partial charge in [-0.15, -0.1) is 0 Å². The number of amides is 2. The van der Waals surface area contributed by atoms with Crippen molar-refractivity contribution in [2.24, 2.45) is 0 Å². The summed E-state index contributed by atoms with van der Waals surface area (Å²) >= 11 is 0. The normalized spacial score (nSPS) is 16.2. The molecule has 1 aliphatic heterocycles. The van der Waals surface area contributed by atoms with E-state index in [9.17, 15) is 26.7 Å². The van der Waals surface area contributed by atoms with Crippen molar-refractivity contribution in [1.82, 2.24) is 5.32 Å². The Morgan fingerprint density at radius 2 is 1.70 bits per heavy atom. The van der Waals surface area contributed by atoms with E-state index in [1.54, 1.807) is 0 Å². The van der Waals surface area contributed by atoms with Crippen molar-refractivity contribution in [1.29, 1.82) is 0 Å². The zero-order valence-corrected chi connectivity index (χ0v) is 9.88. The predicted octanol–water partition coefficient (Wildman–Crippen LogP) is 2.75. The van der Waals surface area contributed by atoms with Crippen molar-refractivity contribution < 1.29 is 31.5 Å². The number of benzene rings is 1. The lowest BCUT2D eigenvalue weighted by molar-refractivity contribution is -0.360. The number of nitrogens with one attached hydrogen (secondary N) is 1. The largest absolute Gasteiger partial charge is 0.499 e. The second kappa shape index (κ2) is 4.80. The molecule has 1 saturated heterocycles. The van der Waals surface area contributed by atoms with Crippen LogP contribution in [0.1, 0.15) is 0 Å². The summed E-state index contributed by atoms with van der Waals surface area (Å²) in [4.78, 5) is 12.7. The zero-order valence-electron chi connectivity index (χ0n) is 9.88. The fourth-order valence-corrected chi connectivity index (χ4v) is 1.62. The summed E-state index contributed by atoms with van der Waals surface area (Å²) in [6.45, 7) is 0.820. The minimum absolute atomic E-state index is 0.362. The Morgan fingerprint density at radius 1 is 1.10 bits per heavy atom. The lowest BCUT2D eigenvalue weighted by atomic mass is 10.3. The summed E-state index contributed by atoms with van der Waals surface area (Å²) in [5, 5.41) is 2.53. The smallest absolute Gasteiger partial charge is 0.426 e. The summed E-state index contributed by atoms with van der Waals surface area (Å²) in [6.07, 6.45) is -11.1. The third kappa shape index (κ3) is 2.75. The van der Waals surface area contributed by atoms with Crippen molar-refractivity contribution in [3.63, 3.8) is 0 Å². The maximum atomic E-state index is 12.7. The molecule has 1 heterocycles. The first kappa shape index (κ1) is 14.4. The Balaban J connectivity index is 2.11. The maximum absolute atomic E-state index is 12.7. The molecule has 1 aromatic carbocycles. The highest BCUT2D eigenvalue weighted by Gasteiger charge is 2.61. The van der Waals surface area contributed by atoms with Gasteiger partial charge in [0.25, 0.3) is 0 Å². The molecule has 0 radical (unpaired) electrons. The van der Waals surface area contributed by atoms with Gasteiger partial charge < -0.3 is 10.1 Å². The Hall–Kier alpha value is -2.06. The summed E-state index contributed by atoms with van der Waals surface area (Å²) in [5.41, 5.74) is 0.377. The summed E-state index contributed by atoms with van der Waals surface area (Å²) in [6, 6.07) is 3.99. The first-order valence-corrected chi connectivity index (χ1v) is 5.50. The molecule has 1 aliphatic rings. The number of nitrogens with zero attached hydrogens (tertiary/aromatic N) is 1. The van der Waals surface area contributed by atoms with Gasteiger partial charge in [0.05, 0.1) is 0 Å². The second-order valence-electron chi connectivity index (χ2n) is 3.99. The van der Waals surface area contributed by atoms with Crippen molar-refractivity contribution in [2.45, 2.75) is 12.3 Å². The SMILES string of the molecule is O=C1NCCN1c1ccc(OC(F)(F)C(F)(F)F)cc1. The van der Waals surface area contributed by atoms with Gasteiger partial charge in [-0.2, -0.15) is 22.0 Å². The highest BCUT2D eigenvalue weighted by Crippen LogP contribution is 2.37. The van der Waals surface area contributed by atoms with Crippen LogP contribution in [0, 0.1) is 0 Å². The standard InChI is InChI=1S/C11H9F5N2O2/c12-10(13,14)11(15,16)20-8-3-1-7(2-4-8)18-6-5-17-9(18)19/h1-4H,5-6H2,(H,17,19). The van der Waals surface area contributed by atoms with Gasteiger partial charge in [0.2, 0.25) is 0 Å². The van der Waals surface area contributed by atoms with E-state index in [0.29, 0.717) is 18.8 Å². The monoisotopic (exact) mass is 296 g/mol. The van der Waals surface area contributed by atoms with E-state index in [1.165, 1.54) is 17.0 Å². The molecule has 0 bridgehead atoms. The molecule has 0 spiro atoms. The van der Waals surface area contributed by atoms with Gasteiger partial charge in [-0.1, -0.05) is 0 Å². The molecule has 0 unspecified atom stereocenters. The summed E-state index contributed by atoms with van der Waals surface area (Å²) in [5.74, 6) is -0.643. The molecule has 0 aromatic heterocycles. The molecule has 20 heavy (non-hydrogen) atoms. The Labute approximate surface area is 110 Å².